The van der Waals surface area contributed by atoms with Gasteiger partial charge in [0.15, 0.2) is 0 Å². The van der Waals surface area contributed by atoms with E-state index >= 15 is 0 Å². The first kappa shape index (κ1) is 15.0. The van der Waals surface area contributed by atoms with Crippen LogP contribution in [0.25, 0.3) is 0 Å². The number of carbonyl (C=O) groups is 2. The van der Waals surface area contributed by atoms with E-state index in [0.717, 1.165) is 37.9 Å². The summed E-state index contributed by atoms with van der Waals surface area (Å²) in [4.78, 5) is 24.9. The minimum Gasteiger partial charge on any atom is -0.342 e. The SMILES string of the molecule is O=C(Cl)CCC1CCN(C(=O)Cc2ccccc2)CC1. The van der Waals surface area contributed by atoms with Gasteiger partial charge in [-0.25, -0.2) is 0 Å². The fourth-order valence-electron chi connectivity index (χ4n) is 2.67. The number of benzene rings is 1. The van der Waals surface area contributed by atoms with Crippen molar-refractivity contribution >= 4 is 22.8 Å². The van der Waals surface area contributed by atoms with E-state index in [0.29, 0.717) is 18.8 Å². The first-order chi connectivity index (χ1) is 9.65. The van der Waals surface area contributed by atoms with Crippen LogP contribution in [0.15, 0.2) is 30.3 Å². The Morgan fingerprint density at radius 2 is 1.80 bits per heavy atom. The van der Waals surface area contributed by atoms with Gasteiger partial charge in [-0.2, -0.15) is 0 Å². The molecule has 0 bridgehead atoms. The summed E-state index contributed by atoms with van der Waals surface area (Å²) in [6.45, 7) is 1.60. The second kappa shape index (κ2) is 7.44. The van der Waals surface area contributed by atoms with E-state index in [1.807, 2.05) is 35.2 Å². The first-order valence-corrected chi connectivity index (χ1v) is 7.53. The van der Waals surface area contributed by atoms with Crippen LogP contribution in [0.4, 0.5) is 0 Å². The maximum Gasteiger partial charge on any atom is 0.226 e. The second-order valence-corrected chi connectivity index (χ2v) is 5.80. The lowest BCUT2D eigenvalue weighted by Crippen LogP contribution is -2.39. The van der Waals surface area contributed by atoms with Gasteiger partial charge >= 0.3 is 0 Å². The van der Waals surface area contributed by atoms with Crippen LogP contribution in [-0.4, -0.2) is 29.1 Å². The van der Waals surface area contributed by atoms with Crippen LogP contribution in [0.2, 0.25) is 0 Å². The second-order valence-electron chi connectivity index (χ2n) is 5.38. The van der Waals surface area contributed by atoms with Crippen LogP contribution in [0.5, 0.6) is 0 Å². The van der Waals surface area contributed by atoms with Gasteiger partial charge in [0, 0.05) is 19.5 Å². The van der Waals surface area contributed by atoms with E-state index in [9.17, 15) is 9.59 Å². The highest BCUT2D eigenvalue weighted by Crippen LogP contribution is 2.22. The third-order valence-corrected chi connectivity index (χ3v) is 4.10. The summed E-state index contributed by atoms with van der Waals surface area (Å²) in [5, 5.41) is -0.257. The Kier molecular flexibility index (Phi) is 5.60. The molecule has 1 aromatic carbocycles. The quantitative estimate of drug-likeness (QED) is 0.783. The molecule has 20 heavy (non-hydrogen) atoms. The van der Waals surface area contributed by atoms with Gasteiger partial charge in [0.2, 0.25) is 11.1 Å². The van der Waals surface area contributed by atoms with Crippen LogP contribution in [0.1, 0.15) is 31.2 Å². The fraction of sp³-hybridized carbons (Fsp3) is 0.500. The zero-order valence-electron chi connectivity index (χ0n) is 11.6. The van der Waals surface area contributed by atoms with Crippen LogP contribution in [-0.2, 0) is 16.0 Å². The van der Waals surface area contributed by atoms with E-state index in [-0.39, 0.29) is 11.1 Å². The smallest absolute Gasteiger partial charge is 0.226 e. The maximum atomic E-state index is 12.2. The summed E-state index contributed by atoms with van der Waals surface area (Å²) >= 11 is 5.36. The van der Waals surface area contributed by atoms with E-state index in [1.165, 1.54) is 0 Å². The zero-order chi connectivity index (χ0) is 14.4. The Hall–Kier alpha value is -1.35. The minimum absolute atomic E-state index is 0.197. The van der Waals surface area contributed by atoms with Crippen molar-refractivity contribution < 1.29 is 9.59 Å². The maximum absolute atomic E-state index is 12.2. The van der Waals surface area contributed by atoms with Crippen LogP contribution >= 0.6 is 11.6 Å². The predicted molar refractivity (Wildman–Crippen MR) is 79.5 cm³/mol. The number of nitrogens with zero attached hydrogens (tertiary/aromatic N) is 1. The van der Waals surface area contributed by atoms with Gasteiger partial charge in [-0.1, -0.05) is 30.3 Å². The molecule has 0 radical (unpaired) electrons. The van der Waals surface area contributed by atoms with Crippen molar-refractivity contribution in [3.8, 4) is 0 Å². The monoisotopic (exact) mass is 293 g/mol. The molecule has 0 atom stereocenters. The highest BCUT2D eigenvalue weighted by molar-refractivity contribution is 6.63. The normalized spacial score (nSPS) is 16.1. The topological polar surface area (TPSA) is 37.4 Å². The van der Waals surface area contributed by atoms with Crippen LogP contribution in [0, 0.1) is 5.92 Å². The van der Waals surface area contributed by atoms with Gasteiger partial charge < -0.3 is 4.90 Å². The summed E-state index contributed by atoms with van der Waals surface area (Å²) in [6, 6.07) is 9.83. The van der Waals surface area contributed by atoms with Gasteiger partial charge in [0.1, 0.15) is 0 Å². The predicted octanol–water partition coefficient (Wildman–Crippen LogP) is 3.01. The van der Waals surface area contributed by atoms with Gasteiger partial charge in [-0.15, -0.1) is 0 Å². The number of hydrogen-bond donors (Lipinski definition) is 0. The molecule has 0 N–H and O–H groups in total. The fourth-order valence-corrected chi connectivity index (χ4v) is 2.78. The molecule has 1 heterocycles. The molecule has 3 nitrogen and oxygen atoms in total. The number of rotatable bonds is 5. The molecule has 1 aromatic rings. The van der Waals surface area contributed by atoms with Crippen molar-refractivity contribution in [1.29, 1.82) is 0 Å². The number of likely N-dealkylation sites (tertiary alicyclic amines) is 1. The van der Waals surface area contributed by atoms with Crippen molar-refractivity contribution in [2.45, 2.75) is 32.1 Å². The van der Waals surface area contributed by atoms with E-state index in [1.54, 1.807) is 0 Å². The summed E-state index contributed by atoms with van der Waals surface area (Å²) in [5.74, 6) is 0.724. The van der Waals surface area contributed by atoms with Gasteiger partial charge in [-0.05, 0) is 42.3 Å². The van der Waals surface area contributed by atoms with Crippen molar-refractivity contribution in [2.24, 2.45) is 5.92 Å². The van der Waals surface area contributed by atoms with E-state index in [4.69, 9.17) is 11.6 Å². The molecule has 1 fully saturated rings. The number of amides is 1. The van der Waals surface area contributed by atoms with E-state index < -0.39 is 0 Å². The summed E-state index contributed by atoms with van der Waals surface area (Å²) in [6.07, 6.45) is 3.73. The van der Waals surface area contributed by atoms with Crippen molar-refractivity contribution in [3.63, 3.8) is 0 Å². The molecule has 4 heteroatoms. The van der Waals surface area contributed by atoms with Gasteiger partial charge in [-0.3, -0.25) is 9.59 Å². The Labute approximate surface area is 124 Å². The number of piperidine rings is 1. The zero-order valence-corrected chi connectivity index (χ0v) is 12.3. The number of hydrogen-bond acceptors (Lipinski definition) is 2. The molecule has 0 aromatic heterocycles. The van der Waals surface area contributed by atoms with Crippen molar-refractivity contribution in [1.82, 2.24) is 4.90 Å². The van der Waals surface area contributed by atoms with Gasteiger partial charge in [0.25, 0.3) is 0 Å². The molecule has 1 aliphatic rings. The first-order valence-electron chi connectivity index (χ1n) is 7.15. The van der Waals surface area contributed by atoms with Gasteiger partial charge in [0.05, 0.1) is 6.42 Å². The Bertz CT molecular complexity index is 453. The molecule has 0 saturated carbocycles. The molecular formula is C16H20ClNO2. The summed E-state index contributed by atoms with van der Waals surface area (Å²) in [7, 11) is 0. The highest BCUT2D eigenvalue weighted by Gasteiger charge is 2.22. The summed E-state index contributed by atoms with van der Waals surface area (Å²) < 4.78 is 0. The van der Waals surface area contributed by atoms with Crippen LogP contribution < -0.4 is 0 Å². The number of carbonyl (C=O) groups excluding carboxylic acids is 2. The molecule has 0 spiro atoms. The summed E-state index contributed by atoms with van der Waals surface area (Å²) in [5.41, 5.74) is 1.06. The molecule has 2 rings (SSSR count). The largest absolute Gasteiger partial charge is 0.342 e. The number of halogens is 1. The standard InChI is InChI=1S/C16H20ClNO2/c17-15(19)7-6-13-8-10-18(11-9-13)16(20)12-14-4-2-1-3-5-14/h1-5,13H,6-12H2. The lowest BCUT2D eigenvalue weighted by atomic mass is 9.92. The average molecular weight is 294 g/mol. The molecular weight excluding hydrogens is 274 g/mol. The third kappa shape index (κ3) is 4.64. The molecule has 108 valence electrons. The minimum atomic E-state index is -0.257. The lowest BCUT2D eigenvalue weighted by molar-refractivity contribution is -0.132. The third-order valence-electron chi connectivity index (χ3n) is 3.91. The lowest BCUT2D eigenvalue weighted by Gasteiger charge is -2.32. The molecule has 0 aliphatic carbocycles. The average Bonchev–Trinajstić information content (AvgIpc) is 2.46. The van der Waals surface area contributed by atoms with E-state index in [2.05, 4.69) is 0 Å². The van der Waals surface area contributed by atoms with Crippen LogP contribution in [0.3, 0.4) is 0 Å². The molecule has 1 saturated heterocycles. The van der Waals surface area contributed by atoms with Crippen molar-refractivity contribution in [3.05, 3.63) is 35.9 Å². The van der Waals surface area contributed by atoms with Crippen molar-refractivity contribution in [2.75, 3.05) is 13.1 Å². The highest BCUT2D eigenvalue weighted by atomic mass is 35.5. The Morgan fingerprint density at radius 1 is 1.15 bits per heavy atom. The molecule has 1 amide bonds. The molecule has 0 unspecified atom stereocenters. The Balaban J connectivity index is 1.76. The Morgan fingerprint density at radius 3 is 2.40 bits per heavy atom. The molecule has 1 aliphatic heterocycles.